The SMILES string of the molecule is CC(C)c1ccccc1N1C(=N)SCC1=O.Cc1cccc(C)c1N=C(N/N=C/c1ccc(-c2ncn(-c3ccc(OC(F)(F)F)cc3)n2)cc1)SCc1ocnc1-c1ccccc1.N=Cc1ccc(-c2ncn(-c3ccc(OC(F)(F)F)cc3)n2)cc1. The smallest absolute Gasteiger partial charge is 0.447 e. The van der Waals surface area contributed by atoms with E-state index in [1.165, 1.54) is 112 Å². The summed E-state index contributed by atoms with van der Waals surface area (Å²) in [5, 5.41) is 29.1. The lowest BCUT2D eigenvalue weighted by Crippen LogP contribution is -2.29. The molecular weight excluding hydrogens is 1180 g/mol. The first-order valence-corrected chi connectivity index (χ1v) is 28.7. The number of alkyl halides is 6. The van der Waals surface area contributed by atoms with Gasteiger partial charge in [-0.05, 0) is 102 Å². The Hall–Kier alpha value is -10.1. The Labute approximate surface area is 509 Å². The fourth-order valence-electron chi connectivity index (χ4n) is 8.56. The van der Waals surface area contributed by atoms with Gasteiger partial charge < -0.3 is 19.3 Å². The summed E-state index contributed by atoms with van der Waals surface area (Å²) in [6.45, 7) is 8.22. The number of aryl methyl sites for hydroxylation is 2. The minimum atomic E-state index is -4.75. The van der Waals surface area contributed by atoms with E-state index in [2.05, 4.69) is 59.0 Å². The molecular formula is C63H53F6N13O4S2. The molecule has 1 fully saturated rings. The third kappa shape index (κ3) is 16.8. The molecule has 11 rings (SSSR count). The Balaban J connectivity index is 0.000000189. The van der Waals surface area contributed by atoms with Gasteiger partial charge in [-0.15, -0.1) is 36.5 Å². The topological polar surface area (TPSA) is 211 Å². The highest BCUT2D eigenvalue weighted by molar-refractivity contribution is 8.15. The number of hydrogen-bond donors (Lipinski definition) is 3. The number of oxazole rings is 1. The van der Waals surface area contributed by atoms with Gasteiger partial charge in [-0.25, -0.2) is 29.3 Å². The molecule has 3 N–H and O–H groups in total. The van der Waals surface area contributed by atoms with Crippen LogP contribution in [0.25, 0.3) is 45.4 Å². The van der Waals surface area contributed by atoms with Crippen molar-refractivity contribution in [2.24, 2.45) is 10.1 Å². The summed E-state index contributed by atoms with van der Waals surface area (Å²) in [4.78, 5) is 31.1. The summed E-state index contributed by atoms with van der Waals surface area (Å²) in [6.07, 6.45) is -2.14. The molecule has 1 aliphatic heterocycles. The monoisotopic (exact) mass is 1230 g/mol. The molecule has 448 valence electrons. The number of amidine groups is 2. The second-order valence-electron chi connectivity index (χ2n) is 19.3. The molecule has 88 heavy (non-hydrogen) atoms. The van der Waals surface area contributed by atoms with Gasteiger partial charge in [0.25, 0.3) is 0 Å². The van der Waals surface area contributed by atoms with Crippen LogP contribution in [0, 0.1) is 24.7 Å². The summed E-state index contributed by atoms with van der Waals surface area (Å²) in [7, 11) is 0. The molecule has 0 spiro atoms. The zero-order chi connectivity index (χ0) is 62.4. The molecule has 25 heteroatoms. The molecule has 0 bridgehead atoms. The molecule has 4 heterocycles. The first-order valence-electron chi connectivity index (χ1n) is 26.7. The number of halogens is 6. The molecule has 0 saturated carbocycles. The van der Waals surface area contributed by atoms with E-state index in [1.807, 2.05) is 111 Å². The Bertz CT molecular complexity index is 4020. The van der Waals surface area contributed by atoms with Crippen molar-refractivity contribution in [3.63, 3.8) is 0 Å². The lowest BCUT2D eigenvalue weighted by Gasteiger charge is -2.20. The highest BCUT2D eigenvalue weighted by atomic mass is 32.2. The normalized spacial score (nSPS) is 12.6. The van der Waals surface area contributed by atoms with Gasteiger partial charge in [0.15, 0.2) is 28.4 Å². The summed E-state index contributed by atoms with van der Waals surface area (Å²) in [5.74, 6) is 2.26. The van der Waals surface area contributed by atoms with E-state index >= 15 is 0 Å². The number of aliphatic imine (C=N–C) groups is 1. The maximum absolute atomic E-state index is 12.5. The molecule has 10 aromatic rings. The van der Waals surface area contributed by atoms with Crippen LogP contribution in [0.1, 0.15) is 53.3 Å². The average molecular weight is 1230 g/mol. The van der Waals surface area contributed by atoms with Gasteiger partial charge in [-0.3, -0.25) is 20.5 Å². The maximum atomic E-state index is 12.5. The number of hydrazone groups is 1. The van der Waals surface area contributed by atoms with E-state index < -0.39 is 12.7 Å². The number of hydrogen-bond acceptors (Lipinski definition) is 15. The molecule has 3 aromatic heterocycles. The van der Waals surface area contributed by atoms with E-state index in [9.17, 15) is 31.1 Å². The summed E-state index contributed by atoms with van der Waals surface area (Å²) in [5.41, 5.74) is 14.0. The average Bonchev–Trinajstić information content (AvgIpc) is 3.73. The van der Waals surface area contributed by atoms with Gasteiger partial charge in [0, 0.05) is 22.9 Å². The number of nitrogens with zero attached hydrogens (tertiary/aromatic N) is 10. The first-order chi connectivity index (χ1) is 42.3. The quantitative estimate of drug-likeness (QED) is 0.0379. The summed E-state index contributed by atoms with van der Waals surface area (Å²) < 4.78 is 90.2. The van der Waals surface area contributed by atoms with Crippen LogP contribution >= 0.6 is 23.5 Å². The van der Waals surface area contributed by atoms with Gasteiger partial charge in [-0.2, -0.15) is 5.10 Å². The van der Waals surface area contributed by atoms with E-state index in [-0.39, 0.29) is 17.4 Å². The van der Waals surface area contributed by atoms with Gasteiger partial charge in [0.2, 0.25) is 5.91 Å². The molecule has 0 radical (unpaired) electrons. The molecule has 1 saturated heterocycles. The van der Waals surface area contributed by atoms with Crippen molar-refractivity contribution in [2.45, 2.75) is 52.1 Å². The van der Waals surface area contributed by atoms with Gasteiger partial charge in [0.05, 0.1) is 40.5 Å². The lowest BCUT2D eigenvalue weighted by molar-refractivity contribution is -0.275. The minimum absolute atomic E-state index is 0.00287. The van der Waals surface area contributed by atoms with Gasteiger partial charge >= 0.3 is 12.7 Å². The summed E-state index contributed by atoms with van der Waals surface area (Å²) in [6, 6.07) is 49.0. The van der Waals surface area contributed by atoms with Crippen LogP contribution < -0.4 is 19.8 Å². The lowest BCUT2D eigenvalue weighted by atomic mass is 10.0. The molecule has 0 atom stereocenters. The van der Waals surface area contributed by atoms with E-state index in [4.69, 9.17) is 20.2 Å². The van der Waals surface area contributed by atoms with Gasteiger partial charge in [-0.1, -0.05) is 153 Å². The number of thioether (sulfide) groups is 2. The van der Waals surface area contributed by atoms with Crippen LogP contribution in [0.5, 0.6) is 11.5 Å². The third-order valence-corrected chi connectivity index (χ3v) is 14.5. The fraction of sp³-hybridized carbons (Fsp3) is 0.143. The predicted octanol–water partition coefficient (Wildman–Crippen LogP) is 15.3. The second-order valence-corrected chi connectivity index (χ2v) is 21.3. The molecule has 7 aromatic carbocycles. The van der Waals surface area contributed by atoms with E-state index in [0.29, 0.717) is 50.8 Å². The Morgan fingerprint density at radius 1 is 0.693 bits per heavy atom. The number of benzene rings is 7. The number of aromatic nitrogens is 7. The zero-order valence-corrected chi connectivity index (χ0v) is 48.9. The standard InChI is InChI=1S/C35H28F3N7O2S.C16H11F3N4O.C12H14N2OS/c1-23-7-6-8-24(2)31(23)42-34(48-20-30-32(40-22-46-30)26-9-4-3-5-10-26)43-41-19-25-11-13-27(14-12-25)33-39-21-45(44-33)28-15-17-29(18-16-28)47-35(36,37)38;17-16(18,19)24-14-7-5-13(6-8-14)23-10-21-15(22-23)12-3-1-11(9-20)2-4-12;1-8(2)9-5-3-4-6-10(9)14-11(15)7-16-12(14)13/h3-19,21-22H,20H2,1-2H3,(H,42,43);1-10,20H;3-6,8,13H,7H2,1-2H3/b41-19+;;. The van der Waals surface area contributed by atoms with Crippen molar-refractivity contribution in [3.05, 3.63) is 222 Å². The predicted molar refractivity (Wildman–Crippen MR) is 330 cm³/mol. The van der Waals surface area contributed by atoms with Crippen LogP contribution in [0.2, 0.25) is 0 Å². The number of para-hydroxylation sites is 2. The number of amides is 1. The molecule has 1 aliphatic rings. The zero-order valence-electron chi connectivity index (χ0n) is 47.2. The minimum Gasteiger partial charge on any atom is -0.447 e. The van der Waals surface area contributed by atoms with E-state index in [1.54, 1.807) is 30.5 Å². The van der Waals surface area contributed by atoms with Crippen LogP contribution in [0.15, 0.2) is 203 Å². The molecule has 17 nitrogen and oxygen atoms in total. The van der Waals surface area contributed by atoms with Crippen molar-refractivity contribution >= 4 is 63.6 Å². The molecule has 0 unspecified atom stereocenters. The largest absolute Gasteiger partial charge is 0.573 e. The number of carbonyl (C=O) groups is 1. The molecule has 0 aliphatic carbocycles. The maximum Gasteiger partial charge on any atom is 0.573 e. The van der Waals surface area contributed by atoms with Crippen molar-refractivity contribution in [2.75, 3.05) is 10.7 Å². The highest BCUT2D eigenvalue weighted by Crippen LogP contribution is 2.34. The first kappa shape index (κ1) is 62.4. The number of nitrogens with one attached hydrogen (secondary N) is 3. The highest BCUT2D eigenvalue weighted by Gasteiger charge is 2.32. The van der Waals surface area contributed by atoms with Crippen molar-refractivity contribution < 1.29 is 45.0 Å². The van der Waals surface area contributed by atoms with E-state index in [0.717, 1.165) is 67.3 Å². The Morgan fingerprint density at radius 3 is 1.74 bits per heavy atom. The summed E-state index contributed by atoms with van der Waals surface area (Å²) >= 11 is 2.74. The number of anilines is 1. The number of ether oxygens (including phenoxy) is 2. The van der Waals surface area contributed by atoms with Crippen molar-refractivity contribution in [1.82, 2.24) is 39.9 Å². The Kier molecular flexibility index (Phi) is 20.1. The third-order valence-electron chi connectivity index (χ3n) is 12.8. The fourth-order valence-corrected chi connectivity index (χ4v) is 10.0. The van der Waals surface area contributed by atoms with Gasteiger partial charge in [0.1, 0.15) is 35.6 Å². The number of rotatable bonds is 15. The Morgan fingerprint density at radius 2 is 1.23 bits per heavy atom. The van der Waals surface area contributed by atoms with Crippen molar-refractivity contribution in [1.29, 1.82) is 10.8 Å². The van der Waals surface area contributed by atoms with Crippen LogP contribution in [0.4, 0.5) is 37.7 Å². The number of carbonyl (C=O) groups excluding carboxylic acids is 1. The van der Waals surface area contributed by atoms with Crippen LogP contribution in [-0.4, -0.2) is 81.7 Å². The van der Waals surface area contributed by atoms with Crippen molar-refractivity contribution in [3.8, 4) is 56.9 Å². The van der Waals surface area contributed by atoms with Crippen LogP contribution in [-0.2, 0) is 10.5 Å². The molecule has 1 amide bonds. The van der Waals surface area contributed by atoms with Crippen LogP contribution in [0.3, 0.4) is 0 Å². The second kappa shape index (κ2) is 28.4.